The van der Waals surface area contributed by atoms with Gasteiger partial charge in [0.15, 0.2) is 0 Å². The molecule has 1 rings (SSSR count). The highest BCUT2D eigenvalue weighted by Crippen LogP contribution is 2.32. The summed E-state index contributed by atoms with van der Waals surface area (Å²) in [5.41, 5.74) is 0.870. The van der Waals surface area contributed by atoms with Gasteiger partial charge in [-0.05, 0) is 24.0 Å². The van der Waals surface area contributed by atoms with Crippen molar-refractivity contribution in [3.63, 3.8) is 0 Å². The molecule has 1 aromatic carbocycles. The third-order valence-electron chi connectivity index (χ3n) is 3.10. The molecule has 2 unspecified atom stereocenters. The molecule has 0 aliphatic heterocycles. The summed E-state index contributed by atoms with van der Waals surface area (Å²) in [7, 11) is -0.266. The Morgan fingerprint density at radius 2 is 1.83 bits per heavy atom. The SMILES string of the molecule is CCC(Br)C(C)c1ccccc1S(=O)(=O)N(C)C. The lowest BCUT2D eigenvalue weighted by atomic mass is 9.96. The summed E-state index contributed by atoms with van der Waals surface area (Å²) in [6.45, 7) is 4.13. The largest absolute Gasteiger partial charge is 0.242 e. The van der Waals surface area contributed by atoms with E-state index in [-0.39, 0.29) is 10.7 Å². The summed E-state index contributed by atoms with van der Waals surface area (Å²) < 4.78 is 25.8. The number of sulfonamides is 1. The van der Waals surface area contributed by atoms with Crippen LogP contribution in [0, 0.1) is 0 Å². The van der Waals surface area contributed by atoms with Crippen molar-refractivity contribution < 1.29 is 8.42 Å². The van der Waals surface area contributed by atoms with E-state index >= 15 is 0 Å². The molecule has 0 heterocycles. The van der Waals surface area contributed by atoms with Gasteiger partial charge in [0.25, 0.3) is 0 Å². The predicted molar refractivity (Wildman–Crippen MR) is 78.7 cm³/mol. The highest BCUT2D eigenvalue weighted by Gasteiger charge is 2.25. The lowest BCUT2D eigenvalue weighted by Crippen LogP contribution is -2.24. The maximum Gasteiger partial charge on any atom is 0.242 e. The molecule has 0 aliphatic carbocycles. The average Bonchev–Trinajstić information content (AvgIpc) is 2.36. The number of halogens is 1. The molecule has 0 N–H and O–H groups in total. The van der Waals surface area contributed by atoms with Gasteiger partial charge in [0.2, 0.25) is 10.0 Å². The Hall–Kier alpha value is -0.390. The second-order valence-electron chi connectivity index (χ2n) is 4.54. The Morgan fingerprint density at radius 3 is 2.33 bits per heavy atom. The van der Waals surface area contributed by atoms with Crippen molar-refractivity contribution in [2.75, 3.05) is 14.1 Å². The first-order valence-corrected chi connectivity index (χ1v) is 8.33. The zero-order valence-corrected chi connectivity index (χ0v) is 13.6. The predicted octanol–water partition coefficient (Wildman–Crippen LogP) is 3.21. The number of benzene rings is 1. The standard InChI is InChI=1S/C13H20BrNO2S/c1-5-12(14)10(2)11-8-6-7-9-13(11)18(16,17)15(3)4/h6-10,12H,5H2,1-4H3. The van der Waals surface area contributed by atoms with Gasteiger partial charge in [-0.1, -0.05) is 48.0 Å². The van der Waals surface area contributed by atoms with Crippen LogP contribution in [0.5, 0.6) is 0 Å². The van der Waals surface area contributed by atoms with Gasteiger partial charge in [0.05, 0.1) is 4.90 Å². The molecule has 3 nitrogen and oxygen atoms in total. The summed E-state index contributed by atoms with van der Waals surface area (Å²) in [5.74, 6) is 0.154. The first kappa shape index (κ1) is 15.7. The molecular weight excluding hydrogens is 314 g/mol. The Balaban J connectivity index is 3.32. The first-order chi connectivity index (χ1) is 8.32. The lowest BCUT2D eigenvalue weighted by molar-refractivity contribution is 0.518. The van der Waals surface area contributed by atoms with Crippen LogP contribution >= 0.6 is 15.9 Å². The summed E-state index contributed by atoms with van der Waals surface area (Å²) >= 11 is 3.61. The summed E-state index contributed by atoms with van der Waals surface area (Å²) in [5, 5.41) is 0. The third-order valence-corrected chi connectivity index (χ3v) is 6.43. The molecule has 2 atom stereocenters. The molecule has 0 saturated heterocycles. The maximum absolute atomic E-state index is 12.3. The molecule has 0 fully saturated rings. The van der Waals surface area contributed by atoms with Crippen molar-refractivity contribution in [1.82, 2.24) is 4.31 Å². The van der Waals surface area contributed by atoms with Crippen LogP contribution in [-0.2, 0) is 10.0 Å². The quantitative estimate of drug-likeness (QED) is 0.776. The molecule has 0 spiro atoms. The maximum atomic E-state index is 12.3. The zero-order chi connectivity index (χ0) is 13.9. The monoisotopic (exact) mass is 333 g/mol. The van der Waals surface area contributed by atoms with Crippen LogP contribution in [0.2, 0.25) is 0 Å². The molecule has 1 aromatic rings. The minimum Gasteiger partial charge on any atom is -0.207 e. The number of nitrogens with zero attached hydrogens (tertiary/aromatic N) is 1. The van der Waals surface area contributed by atoms with Gasteiger partial charge >= 0.3 is 0 Å². The summed E-state index contributed by atoms with van der Waals surface area (Å²) in [6, 6.07) is 7.22. The van der Waals surface area contributed by atoms with E-state index in [4.69, 9.17) is 0 Å². The Morgan fingerprint density at radius 1 is 1.28 bits per heavy atom. The van der Waals surface area contributed by atoms with Crippen molar-refractivity contribution in [2.45, 2.75) is 35.9 Å². The molecule has 0 saturated carbocycles. The van der Waals surface area contributed by atoms with E-state index in [0.29, 0.717) is 4.90 Å². The zero-order valence-electron chi connectivity index (χ0n) is 11.2. The van der Waals surface area contributed by atoms with E-state index in [1.807, 2.05) is 19.1 Å². The van der Waals surface area contributed by atoms with Gasteiger partial charge in [-0.2, -0.15) is 0 Å². The van der Waals surface area contributed by atoms with Crippen molar-refractivity contribution in [1.29, 1.82) is 0 Å². The van der Waals surface area contributed by atoms with Crippen LogP contribution < -0.4 is 0 Å². The van der Waals surface area contributed by atoms with Gasteiger partial charge in [0, 0.05) is 18.9 Å². The second kappa shape index (κ2) is 6.17. The molecule has 5 heteroatoms. The Bertz CT molecular complexity index is 499. The Kier molecular flexibility index (Phi) is 5.37. The van der Waals surface area contributed by atoms with E-state index in [0.717, 1.165) is 12.0 Å². The molecule has 0 amide bonds. The fourth-order valence-corrected chi connectivity index (χ4v) is 3.32. The van der Waals surface area contributed by atoms with Crippen LogP contribution in [0.25, 0.3) is 0 Å². The van der Waals surface area contributed by atoms with E-state index in [1.165, 1.54) is 4.31 Å². The first-order valence-electron chi connectivity index (χ1n) is 5.97. The van der Waals surface area contributed by atoms with E-state index in [9.17, 15) is 8.42 Å². The molecule has 102 valence electrons. The Labute approximate surface area is 118 Å². The van der Waals surface area contributed by atoms with Gasteiger partial charge < -0.3 is 0 Å². The van der Waals surface area contributed by atoms with Crippen LogP contribution in [0.4, 0.5) is 0 Å². The van der Waals surface area contributed by atoms with Crippen molar-refractivity contribution >= 4 is 26.0 Å². The number of alkyl halides is 1. The topological polar surface area (TPSA) is 37.4 Å². The van der Waals surface area contributed by atoms with Crippen molar-refractivity contribution in [3.05, 3.63) is 29.8 Å². The molecule has 0 aliphatic rings. The smallest absolute Gasteiger partial charge is 0.207 e. The fourth-order valence-electron chi connectivity index (χ4n) is 1.84. The normalized spacial score (nSPS) is 15.7. The number of hydrogen-bond donors (Lipinski definition) is 0. The highest BCUT2D eigenvalue weighted by atomic mass is 79.9. The molecule has 18 heavy (non-hydrogen) atoms. The number of hydrogen-bond acceptors (Lipinski definition) is 2. The minimum absolute atomic E-state index is 0.154. The lowest BCUT2D eigenvalue weighted by Gasteiger charge is -2.22. The van der Waals surface area contributed by atoms with Gasteiger partial charge in [-0.15, -0.1) is 0 Å². The van der Waals surface area contributed by atoms with E-state index in [1.54, 1.807) is 26.2 Å². The summed E-state index contributed by atoms with van der Waals surface area (Å²) in [4.78, 5) is 0.677. The van der Waals surface area contributed by atoms with Crippen LogP contribution in [0.15, 0.2) is 29.2 Å². The molecule has 0 bridgehead atoms. The van der Waals surface area contributed by atoms with Crippen molar-refractivity contribution in [3.8, 4) is 0 Å². The molecular formula is C13H20BrNO2S. The van der Waals surface area contributed by atoms with Gasteiger partial charge in [-0.3, -0.25) is 0 Å². The average molecular weight is 334 g/mol. The minimum atomic E-state index is -3.38. The van der Waals surface area contributed by atoms with Crippen LogP contribution in [-0.4, -0.2) is 31.6 Å². The molecule has 0 aromatic heterocycles. The number of rotatable bonds is 5. The van der Waals surface area contributed by atoms with Crippen molar-refractivity contribution in [2.24, 2.45) is 0 Å². The highest BCUT2D eigenvalue weighted by molar-refractivity contribution is 9.09. The molecule has 0 radical (unpaired) electrons. The van der Waals surface area contributed by atoms with Gasteiger partial charge in [-0.25, -0.2) is 12.7 Å². The third kappa shape index (κ3) is 3.13. The van der Waals surface area contributed by atoms with Crippen LogP contribution in [0.1, 0.15) is 31.7 Å². The fraction of sp³-hybridized carbons (Fsp3) is 0.538. The van der Waals surface area contributed by atoms with E-state index < -0.39 is 10.0 Å². The second-order valence-corrected chi connectivity index (χ2v) is 7.83. The van der Waals surface area contributed by atoms with Gasteiger partial charge in [0.1, 0.15) is 0 Å². The van der Waals surface area contributed by atoms with E-state index in [2.05, 4.69) is 22.9 Å². The van der Waals surface area contributed by atoms with Crippen LogP contribution in [0.3, 0.4) is 0 Å². The summed E-state index contributed by atoms with van der Waals surface area (Å²) in [6.07, 6.45) is 0.956.